The Kier molecular flexibility index (Phi) is 75.7. The second-order valence-electron chi connectivity index (χ2n) is 4.57. The van der Waals surface area contributed by atoms with E-state index >= 15 is 0 Å². The van der Waals surface area contributed by atoms with Gasteiger partial charge < -0.3 is 0 Å². The monoisotopic (exact) mass is 366 g/mol. The van der Waals surface area contributed by atoms with Gasteiger partial charge in [-0.05, 0) is 31.8 Å². The second kappa shape index (κ2) is 49.6. The molecule has 158 valence electrons. The summed E-state index contributed by atoms with van der Waals surface area (Å²) in [6, 6.07) is 0. The summed E-state index contributed by atoms with van der Waals surface area (Å²) < 4.78 is 0. The fraction of sp³-hybridized carbons (Fsp3) is 0.692. The molecule has 0 heterocycles. The quantitative estimate of drug-likeness (QED) is 0.335. The number of hydrogen-bond acceptors (Lipinski definition) is 0. The molecule has 0 unspecified atom stereocenters. The van der Waals surface area contributed by atoms with E-state index in [0.29, 0.717) is 0 Å². The van der Waals surface area contributed by atoms with Crippen LogP contribution in [0.2, 0.25) is 0 Å². The van der Waals surface area contributed by atoms with E-state index in [1.807, 2.05) is 60.6 Å². The van der Waals surface area contributed by atoms with Gasteiger partial charge in [-0.2, -0.15) is 0 Å². The standard InChI is InChI=1S/C13H18.C6H14.3C2H6.CH4/c1-4-7-9-12-13(10-6-3)11-8-5-2;1-4-6(3)5-2;3*1-2;/h4,7-8,10-11H,5-6H2,1-3H3;6H,4-5H2,1-3H3;3*1-2H3;1H4/b7-4+,11-8-,13-10+;;;;;. The second-order valence-corrected chi connectivity index (χ2v) is 4.57. The van der Waals surface area contributed by atoms with Crippen molar-refractivity contribution in [3.05, 3.63) is 36.0 Å². The minimum Gasteiger partial charge on any atom is -0.0836 e. The summed E-state index contributed by atoms with van der Waals surface area (Å²) in [5.41, 5.74) is 1.11. The van der Waals surface area contributed by atoms with E-state index in [0.717, 1.165) is 24.3 Å². The molecule has 0 bridgehead atoms. The van der Waals surface area contributed by atoms with Crippen molar-refractivity contribution in [3.8, 4) is 11.8 Å². The average molecular weight is 367 g/mol. The molecule has 0 aromatic carbocycles. The molecule has 0 aliphatic rings. The predicted molar refractivity (Wildman–Crippen MR) is 131 cm³/mol. The van der Waals surface area contributed by atoms with Crippen LogP contribution in [0.25, 0.3) is 0 Å². The Morgan fingerprint density at radius 3 is 1.58 bits per heavy atom. The van der Waals surface area contributed by atoms with Crippen LogP contribution in [-0.4, -0.2) is 0 Å². The third kappa shape index (κ3) is 49.5. The van der Waals surface area contributed by atoms with Gasteiger partial charge in [-0.1, -0.05) is 133 Å². The lowest BCUT2D eigenvalue weighted by Gasteiger charge is -1.98. The molecule has 0 aromatic rings. The summed E-state index contributed by atoms with van der Waals surface area (Å²) in [6.45, 7) is 25.0. The first-order chi connectivity index (χ1) is 12.2. The van der Waals surface area contributed by atoms with Gasteiger partial charge in [0.1, 0.15) is 0 Å². The minimum atomic E-state index is 0. The third-order valence-corrected chi connectivity index (χ3v) is 2.82. The number of allylic oxidation sites excluding steroid dienone is 6. The van der Waals surface area contributed by atoms with Gasteiger partial charge >= 0.3 is 0 Å². The highest BCUT2D eigenvalue weighted by molar-refractivity contribution is 5.40. The molecule has 0 radical (unpaired) electrons. The third-order valence-electron chi connectivity index (χ3n) is 2.82. The Hall–Kier alpha value is -1.22. The zero-order chi connectivity index (χ0) is 20.9. The van der Waals surface area contributed by atoms with Crippen molar-refractivity contribution in [2.75, 3.05) is 0 Å². The van der Waals surface area contributed by atoms with Crippen molar-refractivity contribution >= 4 is 0 Å². The van der Waals surface area contributed by atoms with Gasteiger partial charge in [-0.25, -0.2) is 0 Å². The topological polar surface area (TPSA) is 0 Å². The van der Waals surface area contributed by atoms with Crippen LogP contribution in [-0.2, 0) is 0 Å². The summed E-state index contributed by atoms with van der Waals surface area (Å²) in [5, 5.41) is 0. The van der Waals surface area contributed by atoms with Gasteiger partial charge in [0.25, 0.3) is 0 Å². The maximum atomic E-state index is 3.09. The van der Waals surface area contributed by atoms with Crippen LogP contribution >= 0.6 is 0 Å². The van der Waals surface area contributed by atoms with Crippen LogP contribution in [0.3, 0.4) is 0 Å². The van der Waals surface area contributed by atoms with E-state index in [-0.39, 0.29) is 7.43 Å². The van der Waals surface area contributed by atoms with Crippen molar-refractivity contribution in [2.45, 2.75) is 116 Å². The maximum Gasteiger partial charge on any atom is 0.0205 e. The van der Waals surface area contributed by atoms with E-state index in [1.165, 1.54) is 12.8 Å². The molecule has 0 aromatic heterocycles. The number of rotatable bonds is 5. The van der Waals surface area contributed by atoms with Crippen molar-refractivity contribution in [1.29, 1.82) is 0 Å². The highest BCUT2D eigenvalue weighted by Gasteiger charge is 1.88. The Bertz CT molecular complexity index is 314. The van der Waals surface area contributed by atoms with E-state index in [2.05, 4.69) is 64.7 Å². The zero-order valence-corrected chi connectivity index (χ0v) is 19.8. The first-order valence-electron chi connectivity index (χ1n) is 10.6. The lowest BCUT2D eigenvalue weighted by atomic mass is 10.1. The smallest absolute Gasteiger partial charge is 0.0205 e. The van der Waals surface area contributed by atoms with Crippen LogP contribution in [0.1, 0.15) is 116 Å². The molecule has 0 heteroatoms. The van der Waals surface area contributed by atoms with Crippen LogP contribution in [0.15, 0.2) is 36.0 Å². The minimum absolute atomic E-state index is 0. The molecule has 0 aliphatic heterocycles. The summed E-state index contributed by atoms with van der Waals surface area (Å²) >= 11 is 0. The van der Waals surface area contributed by atoms with Gasteiger partial charge in [0.05, 0.1) is 0 Å². The van der Waals surface area contributed by atoms with E-state index in [9.17, 15) is 0 Å². The average Bonchev–Trinajstić information content (AvgIpc) is 2.70. The largest absolute Gasteiger partial charge is 0.0836 e. The van der Waals surface area contributed by atoms with Crippen molar-refractivity contribution < 1.29 is 0 Å². The lowest BCUT2D eigenvalue weighted by Crippen LogP contribution is -1.85. The predicted octanol–water partition coefficient (Wildman–Crippen LogP) is 10.0. The molecule has 0 fully saturated rings. The van der Waals surface area contributed by atoms with Gasteiger partial charge in [0, 0.05) is 5.57 Å². The fourth-order valence-corrected chi connectivity index (χ4v) is 1.12. The van der Waals surface area contributed by atoms with Crippen LogP contribution in [0, 0.1) is 17.8 Å². The van der Waals surface area contributed by atoms with E-state index in [4.69, 9.17) is 0 Å². The summed E-state index contributed by atoms with van der Waals surface area (Å²) in [4.78, 5) is 0. The first-order valence-corrected chi connectivity index (χ1v) is 10.6. The Labute approximate surface area is 170 Å². The normalized spacial score (nSPS) is 9.04. The molecular weight excluding hydrogens is 312 g/mol. The molecule has 0 atom stereocenters. The Balaban J connectivity index is -0.0000000649. The molecular formula is C26H54. The maximum absolute atomic E-state index is 3.09. The molecule has 0 spiro atoms. The molecule has 0 rings (SSSR count). The first kappa shape index (κ1) is 39.7. The zero-order valence-electron chi connectivity index (χ0n) is 19.8. The molecule has 26 heavy (non-hydrogen) atoms. The Morgan fingerprint density at radius 2 is 1.31 bits per heavy atom. The highest BCUT2D eigenvalue weighted by Crippen LogP contribution is 2.02. The van der Waals surface area contributed by atoms with Crippen molar-refractivity contribution in [1.82, 2.24) is 0 Å². The molecule has 0 saturated carbocycles. The molecule has 0 N–H and O–H groups in total. The fourth-order valence-electron chi connectivity index (χ4n) is 1.12. The van der Waals surface area contributed by atoms with Crippen molar-refractivity contribution in [3.63, 3.8) is 0 Å². The SMILES string of the molecule is C.C/C=C/C#CC(/C=C\CC)=C/CC.CC.CC.CC.CCC(C)CC. The van der Waals surface area contributed by atoms with Gasteiger partial charge in [-0.3, -0.25) is 0 Å². The van der Waals surface area contributed by atoms with Crippen molar-refractivity contribution in [2.24, 2.45) is 5.92 Å². The van der Waals surface area contributed by atoms with Gasteiger partial charge in [0.2, 0.25) is 0 Å². The van der Waals surface area contributed by atoms with Crippen LogP contribution < -0.4 is 0 Å². The molecule has 0 saturated heterocycles. The molecule has 0 amide bonds. The summed E-state index contributed by atoms with van der Waals surface area (Å²) in [7, 11) is 0. The lowest BCUT2D eigenvalue weighted by molar-refractivity contribution is 0.544. The molecule has 0 nitrogen and oxygen atoms in total. The highest BCUT2D eigenvalue weighted by atomic mass is 13.9. The molecule has 0 aliphatic carbocycles. The number of hydrogen-bond donors (Lipinski definition) is 0. The van der Waals surface area contributed by atoms with Crippen LogP contribution in [0.5, 0.6) is 0 Å². The van der Waals surface area contributed by atoms with Gasteiger partial charge in [0.15, 0.2) is 0 Å². The van der Waals surface area contributed by atoms with Crippen LogP contribution in [0.4, 0.5) is 0 Å². The Morgan fingerprint density at radius 1 is 0.846 bits per heavy atom. The van der Waals surface area contributed by atoms with Gasteiger partial charge in [-0.15, -0.1) is 0 Å². The van der Waals surface area contributed by atoms with E-state index in [1.54, 1.807) is 0 Å². The summed E-state index contributed by atoms with van der Waals surface area (Å²) in [5.74, 6) is 7.01. The van der Waals surface area contributed by atoms with E-state index < -0.39 is 0 Å². The summed E-state index contributed by atoms with van der Waals surface area (Å²) in [6.07, 6.45) is 14.9.